The van der Waals surface area contributed by atoms with E-state index < -0.39 is 0 Å². The number of hydrogen-bond donors (Lipinski definition) is 2. The fourth-order valence-electron chi connectivity index (χ4n) is 1.80. The van der Waals surface area contributed by atoms with Crippen LogP contribution in [0.2, 0.25) is 0 Å². The summed E-state index contributed by atoms with van der Waals surface area (Å²) in [6.07, 6.45) is 6.93. The molecule has 2 N–H and O–H groups in total. The Morgan fingerprint density at radius 3 is 2.38 bits per heavy atom. The third kappa shape index (κ3) is 11.7. The van der Waals surface area contributed by atoms with E-state index in [1.165, 1.54) is 6.42 Å². The highest BCUT2D eigenvalue weighted by Gasteiger charge is 2.09. The van der Waals surface area contributed by atoms with E-state index in [1.807, 2.05) is 26.8 Å². The minimum atomic E-state index is -0.154. The van der Waals surface area contributed by atoms with Gasteiger partial charge < -0.3 is 10.6 Å². The Morgan fingerprint density at radius 1 is 1.29 bits per heavy atom. The zero-order chi connectivity index (χ0) is 19.0. The van der Waals surface area contributed by atoms with E-state index in [1.54, 1.807) is 12.4 Å². The normalized spacial score (nSPS) is 10.3. The first-order valence-electron chi connectivity index (χ1n) is 9.10. The van der Waals surface area contributed by atoms with Gasteiger partial charge >= 0.3 is 0 Å². The van der Waals surface area contributed by atoms with Crippen LogP contribution < -0.4 is 10.6 Å². The molecule has 0 aromatic carbocycles. The molecular formula is C20H37N3O. The molecule has 1 unspecified atom stereocenters. The Balaban J connectivity index is 0. The van der Waals surface area contributed by atoms with Gasteiger partial charge in [-0.15, -0.1) is 0 Å². The maximum Gasteiger partial charge on any atom is 0.267 e. The van der Waals surface area contributed by atoms with Crippen LogP contribution in [0.15, 0.2) is 30.7 Å². The van der Waals surface area contributed by atoms with Gasteiger partial charge in [-0.2, -0.15) is 0 Å². The van der Waals surface area contributed by atoms with Crippen LogP contribution in [0.25, 0.3) is 0 Å². The minimum absolute atomic E-state index is 0.154. The van der Waals surface area contributed by atoms with Crippen molar-refractivity contribution in [2.75, 3.05) is 11.9 Å². The van der Waals surface area contributed by atoms with Gasteiger partial charge in [0.2, 0.25) is 0 Å². The van der Waals surface area contributed by atoms with Crippen molar-refractivity contribution in [1.82, 2.24) is 10.3 Å². The number of pyridine rings is 1. The van der Waals surface area contributed by atoms with Gasteiger partial charge in [0.15, 0.2) is 0 Å². The van der Waals surface area contributed by atoms with E-state index in [9.17, 15) is 4.79 Å². The lowest BCUT2D eigenvalue weighted by molar-refractivity contribution is -0.117. The number of aromatic nitrogens is 1. The highest BCUT2D eigenvalue weighted by molar-refractivity contribution is 5.95. The van der Waals surface area contributed by atoms with Crippen LogP contribution >= 0.6 is 0 Å². The van der Waals surface area contributed by atoms with Gasteiger partial charge in [0, 0.05) is 24.6 Å². The molecule has 1 amide bonds. The predicted molar refractivity (Wildman–Crippen MR) is 106 cm³/mol. The zero-order valence-corrected chi connectivity index (χ0v) is 16.7. The van der Waals surface area contributed by atoms with E-state index in [2.05, 4.69) is 49.9 Å². The molecule has 138 valence electrons. The van der Waals surface area contributed by atoms with Crippen molar-refractivity contribution in [2.24, 2.45) is 5.92 Å². The van der Waals surface area contributed by atoms with Crippen molar-refractivity contribution >= 4 is 11.6 Å². The van der Waals surface area contributed by atoms with Gasteiger partial charge in [-0.05, 0) is 30.9 Å². The molecule has 1 atom stereocenters. The molecule has 1 aromatic heterocycles. The molecule has 0 saturated heterocycles. The number of aryl methyl sites for hydroxylation is 1. The van der Waals surface area contributed by atoms with Crippen molar-refractivity contribution in [3.63, 3.8) is 0 Å². The average Bonchev–Trinajstić information content (AvgIpc) is 2.57. The number of nitrogens with zero attached hydrogens (tertiary/aromatic N) is 1. The van der Waals surface area contributed by atoms with Crippen molar-refractivity contribution in [3.05, 3.63) is 36.3 Å². The second kappa shape index (κ2) is 16.0. The summed E-state index contributed by atoms with van der Waals surface area (Å²) in [5, 5.41) is 5.91. The molecule has 1 rings (SSSR count). The third-order valence-corrected chi connectivity index (χ3v) is 2.97. The second-order valence-corrected chi connectivity index (χ2v) is 5.61. The van der Waals surface area contributed by atoms with Gasteiger partial charge in [0.1, 0.15) is 0 Å². The quantitative estimate of drug-likeness (QED) is 0.664. The molecule has 0 aliphatic heterocycles. The summed E-state index contributed by atoms with van der Waals surface area (Å²) in [6.45, 7) is 18.9. The van der Waals surface area contributed by atoms with Gasteiger partial charge in [-0.25, -0.2) is 0 Å². The summed E-state index contributed by atoms with van der Waals surface area (Å²) in [6, 6.07) is 1.83. The average molecular weight is 336 g/mol. The first kappa shape index (κ1) is 24.4. The molecule has 1 aromatic rings. The lowest BCUT2D eigenvalue weighted by Crippen LogP contribution is -2.31. The Morgan fingerprint density at radius 2 is 1.88 bits per heavy atom. The van der Waals surface area contributed by atoms with Crippen LogP contribution in [0.4, 0.5) is 5.69 Å². The largest absolute Gasteiger partial charge is 0.351 e. The standard InChI is InChI=1S/C15H23N3O.C3H8.C2H6/c1-5-6-11(2)9-17-15(19)13(4)18-14-7-8-16-10-12(14)3;1-3-2;1-2/h7-8,10-11H,4-6,9H2,1-3H3,(H,16,18)(H,17,19);3H2,1-2H3;1-2H3. The molecule has 4 nitrogen and oxygen atoms in total. The summed E-state index contributed by atoms with van der Waals surface area (Å²) in [5.41, 5.74) is 2.20. The van der Waals surface area contributed by atoms with E-state index in [0.29, 0.717) is 18.2 Å². The topological polar surface area (TPSA) is 54.0 Å². The molecule has 0 fully saturated rings. The summed E-state index contributed by atoms with van der Waals surface area (Å²) < 4.78 is 0. The molecule has 0 bridgehead atoms. The number of amides is 1. The lowest BCUT2D eigenvalue weighted by atomic mass is 10.1. The fourth-order valence-corrected chi connectivity index (χ4v) is 1.80. The first-order chi connectivity index (χ1) is 11.5. The molecule has 0 aliphatic carbocycles. The molecule has 1 heterocycles. The van der Waals surface area contributed by atoms with Crippen LogP contribution in [-0.2, 0) is 4.79 Å². The molecule has 0 radical (unpaired) electrons. The van der Waals surface area contributed by atoms with Crippen molar-refractivity contribution in [3.8, 4) is 0 Å². The van der Waals surface area contributed by atoms with Crippen LogP contribution in [-0.4, -0.2) is 17.4 Å². The number of anilines is 1. The zero-order valence-electron chi connectivity index (χ0n) is 16.7. The van der Waals surface area contributed by atoms with Crippen LogP contribution in [0, 0.1) is 12.8 Å². The minimum Gasteiger partial charge on any atom is -0.351 e. The van der Waals surface area contributed by atoms with Gasteiger partial charge in [0.25, 0.3) is 5.91 Å². The summed E-state index contributed by atoms with van der Waals surface area (Å²) in [7, 11) is 0. The number of carbonyl (C=O) groups excluding carboxylic acids is 1. The van der Waals surface area contributed by atoms with Crippen molar-refractivity contribution in [1.29, 1.82) is 0 Å². The summed E-state index contributed by atoms with van der Waals surface area (Å²) >= 11 is 0. The molecule has 24 heavy (non-hydrogen) atoms. The molecule has 4 heteroatoms. The Labute approximate surface area is 149 Å². The Hall–Kier alpha value is -1.84. The van der Waals surface area contributed by atoms with Crippen LogP contribution in [0.1, 0.15) is 66.4 Å². The number of nitrogens with one attached hydrogen (secondary N) is 2. The van der Waals surface area contributed by atoms with E-state index in [4.69, 9.17) is 0 Å². The summed E-state index contributed by atoms with van der Waals surface area (Å²) in [5.74, 6) is 0.337. The lowest BCUT2D eigenvalue weighted by Gasteiger charge is -2.14. The highest BCUT2D eigenvalue weighted by Crippen LogP contribution is 2.13. The maximum absolute atomic E-state index is 11.9. The number of carbonyl (C=O) groups is 1. The van der Waals surface area contributed by atoms with E-state index in [0.717, 1.165) is 24.1 Å². The second-order valence-electron chi connectivity index (χ2n) is 5.61. The highest BCUT2D eigenvalue weighted by atomic mass is 16.2. The molecular weight excluding hydrogens is 298 g/mol. The monoisotopic (exact) mass is 335 g/mol. The SMILES string of the molecule is C=C(Nc1ccncc1C)C(=O)NCC(C)CCC.CC.CCC. The maximum atomic E-state index is 11.9. The summed E-state index contributed by atoms with van der Waals surface area (Å²) in [4.78, 5) is 15.9. The Bertz CT molecular complexity index is 458. The molecule has 0 saturated carbocycles. The predicted octanol–water partition coefficient (Wildman–Crippen LogP) is 5.31. The van der Waals surface area contributed by atoms with Gasteiger partial charge in [-0.3, -0.25) is 9.78 Å². The fraction of sp³-hybridized carbons (Fsp3) is 0.600. The smallest absolute Gasteiger partial charge is 0.267 e. The Kier molecular flexibility index (Phi) is 16.3. The van der Waals surface area contributed by atoms with Crippen molar-refractivity contribution in [2.45, 2.75) is 67.7 Å². The molecule has 0 spiro atoms. The first-order valence-corrected chi connectivity index (χ1v) is 9.10. The third-order valence-electron chi connectivity index (χ3n) is 2.97. The van der Waals surface area contributed by atoms with E-state index >= 15 is 0 Å². The number of hydrogen-bond acceptors (Lipinski definition) is 3. The molecule has 0 aliphatic rings. The van der Waals surface area contributed by atoms with Crippen molar-refractivity contribution < 1.29 is 4.79 Å². The van der Waals surface area contributed by atoms with E-state index in [-0.39, 0.29) is 5.91 Å². The van der Waals surface area contributed by atoms with Crippen LogP contribution in [0.5, 0.6) is 0 Å². The van der Waals surface area contributed by atoms with Gasteiger partial charge in [0.05, 0.1) is 5.70 Å². The number of rotatable bonds is 7. The van der Waals surface area contributed by atoms with Gasteiger partial charge in [-0.1, -0.05) is 61.0 Å². The van der Waals surface area contributed by atoms with Crippen LogP contribution in [0.3, 0.4) is 0 Å².